The second-order valence-corrected chi connectivity index (χ2v) is 4.79. The van der Waals surface area contributed by atoms with Crippen LogP contribution in [0.15, 0.2) is 61.2 Å². The highest BCUT2D eigenvalue weighted by atomic mass is 79.9. The molecular formula is C15H16Br2. The fraction of sp³-hybridized carbons (Fsp3) is 0.200. The SMILES string of the molecule is BrCc1ccc(CBr)cc1.C=CC1C=CC=C1. The maximum atomic E-state index is 3.64. The summed E-state index contributed by atoms with van der Waals surface area (Å²) in [6.07, 6.45) is 10.2. The highest BCUT2D eigenvalue weighted by molar-refractivity contribution is 9.08. The van der Waals surface area contributed by atoms with Gasteiger partial charge in [0.2, 0.25) is 0 Å². The molecule has 0 atom stereocenters. The van der Waals surface area contributed by atoms with E-state index < -0.39 is 0 Å². The summed E-state index contributed by atoms with van der Waals surface area (Å²) >= 11 is 6.78. The number of rotatable bonds is 3. The molecule has 0 aromatic heterocycles. The molecule has 0 saturated carbocycles. The van der Waals surface area contributed by atoms with E-state index in [1.54, 1.807) is 0 Å². The minimum Gasteiger partial charge on any atom is -0.102 e. The number of halogens is 2. The first kappa shape index (κ1) is 14.5. The fourth-order valence-corrected chi connectivity index (χ4v) is 2.07. The molecule has 0 nitrogen and oxygen atoms in total. The van der Waals surface area contributed by atoms with Crippen LogP contribution in [0.25, 0.3) is 0 Å². The molecule has 2 rings (SSSR count). The molecule has 0 N–H and O–H groups in total. The Morgan fingerprint density at radius 1 is 0.941 bits per heavy atom. The average molecular weight is 356 g/mol. The van der Waals surface area contributed by atoms with E-state index in [-0.39, 0.29) is 0 Å². The normalized spacial score (nSPS) is 13.3. The van der Waals surface area contributed by atoms with Crippen LogP contribution in [0.3, 0.4) is 0 Å². The summed E-state index contributed by atoms with van der Waals surface area (Å²) in [5.74, 6) is 0.500. The molecule has 0 saturated heterocycles. The molecule has 1 aromatic rings. The maximum Gasteiger partial charge on any atom is 0.0283 e. The Morgan fingerprint density at radius 3 is 1.59 bits per heavy atom. The van der Waals surface area contributed by atoms with Crippen LogP contribution in [0.5, 0.6) is 0 Å². The molecule has 0 unspecified atom stereocenters. The summed E-state index contributed by atoms with van der Waals surface area (Å²) in [5.41, 5.74) is 2.65. The van der Waals surface area contributed by atoms with Gasteiger partial charge in [-0.15, -0.1) is 6.58 Å². The van der Waals surface area contributed by atoms with Crippen molar-refractivity contribution in [3.8, 4) is 0 Å². The molecule has 0 radical (unpaired) electrons. The van der Waals surface area contributed by atoms with Gasteiger partial charge in [0.25, 0.3) is 0 Å². The van der Waals surface area contributed by atoms with Gasteiger partial charge in [-0.2, -0.15) is 0 Å². The van der Waals surface area contributed by atoms with Crippen molar-refractivity contribution in [2.45, 2.75) is 10.7 Å². The van der Waals surface area contributed by atoms with Gasteiger partial charge in [0.05, 0.1) is 0 Å². The van der Waals surface area contributed by atoms with E-state index >= 15 is 0 Å². The third-order valence-electron chi connectivity index (χ3n) is 2.38. The topological polar surface area (TPSA) is 0 Å². The summed E-state index contributed by atoms with van der Waals surface area (Å²) in [6.45, 7) is 3.64. The number of benzene rings is 1. The lowest BCUT2D eigenvalue weighted by Crippen LogP contribution is -1.78. The zero-order valence-corrected chi connectivity index (χ0v) is 12.8. The minimum atomic E-state index is 0.500. The molecule has 90 valence electrons. The quantitative estimate of drug-likeness (QED) is 0.503. The third kappa shape index (κ3) is 5.51. The van der Waals surface area contributed by atoms with Crippen molar-refractivity contribution in [1.82, 2.24) is 0 Å². The van der Waals surface area contributed by atoms with Crippen LogP contribution in [0.1, 0.15) is 11.1 Å². The molecule has 1 aromatic carbocycles. The van der Waals surface area contributed by atoms with Gasteiger partial charge in [-0.3, -0.25) is 0 Å². The van der Waals surface area contributed by atoms with Gasteiger partial charge < -0.3 is 0 Å². The predicted octanol–water partition coefficient (Wildman–Crippen LogP) is 5.39. The van der Waals surface area contributed by atoms with Gasteiger partial charge in [-0.1, -0.05) is 86.5 Å². The maximum absolute atomic E-state index is 3.64. The molecule has 1 aliphatic carbocycles. The van der Waals surface area contributed by atoms with Gasteiger partial charge >= 0.3 is 0 Å². The molecule has 0 bridgehead atoms. The summed E-state index contributed by atoms with van der Waals surface area (Å²) < 4.78 is 0. The van der Waals surface area contributed by atoms with Crippen LogP contribution < -0.4 is 0 Å². The van der Waals surface area contributed by atoms with E-state index in [1.807, 2.05) is 18.2 Å². The Morgan fingerprint density at radius 2 is 1.35 bits per heavy atom. The molecular weight excluding hydrogens is 340 g/mol. The average Bonchev–Trinajstić information content (AvgIpc) is 2.93. The second-order valence-electron chi connectivity index (χ2n) is 3.67. The first-order valence-corrected chi connectivity index (χ1v) is 7.71. The summed E-state index contributed by atoms with van der Waals surface area (Å²) in [4.78, 5) is 0. The molecule has 0 spiro atoms. The molecule has 0 aliphatic heterocycles. The predicted molar refractivity (Wildman–Crippen MR) is 83.7 cm³/mol. The molecule has 0 fully saturated rings. The van der Waals surface area contributed by atoms with E-state index in [9.17, 15) is 0 Å². The van der Waals surface area contributed by atoms with Crippen LogP contribution in [0, 0.1) is 5.92 Å². The lowest BCUT2D eigenvalue weighted by Gasteiger charge is -1.96. The van der Waals surface area contributed by atoms with Gasteiger partial charge in [-0.25, -0.2) is 0 Å². The lowest BCUT2D eigenvalue weighted by atomic mass is 10.2. The summed E-state index contributed by atoms with van der Waals surface area (Å²) in [6, 6.07) is 8.52. The van der Waals surface area contributed by atoms with E-state index in [4.69, 9.17) is 0 Å². The summed E-state index contributed by atoms with van der Waals surface area (Å²) in [7, 11) is 0. The van der Waals surface area contributed by atoms with Gasteiger partial charge in [0.15, 0.2) is 0 Å². The molecule has 1 aliphatic rings. The van der Waals surface area contributed by atoms with Crippen LogP contribution in [0.4, 0.5) is 0 Å². The van der Waals surface area contributed by atoms with Crippen molar-refractivity contribution in [3.05, 3.63) is 72.4 Å². The van der Waals surface area contributed by atoms with E-state index in [1.165, 1.54) is 11.1 Å². The Kier molecular flexibility index (Phi) is 7.22. The van der Waals surface area contributed by atoms with Gasteiger partial charge in [0, 0.05) is 16.6 Å². The second kappa shape index (κ2) is 8.48. The highest BCUT2D eigenvalue weighted by Crippen LogP contribution is 2.10. The van der Waals surface area contributed by atoms with Crippen LogP contribution in [-0.2, 0) is 10.7 Å². The van der Waals surface area contributed by atoms with E-state index in [0.717, 1.165) is 10.7 Å². The number of hydrogen-bond donors (Lipinski definition) is 0. The van der Waals surface area contributed by atoms with Crippen molar-refractivity contribution in [3.63, 3.8) is 0 Å². The van der Waals surface area contributed by atoms with Crippen molar-refractivity contribution in [2.75, 3.05) is 0 Å². The lowest BCUT2D eigenvalue weighted by molar-refractivity contribution is 1.10. The monoisotopic (exact) mass is 354 g/mol. The zero-order chi connectivity index (χ0) is 12.5. The summed E-state index contributed by atoms with van der Waals surface area (Å²) in [5, 5.41) is 1.88. The minimum absolute atomic E-state index is 0.500. The fourth-order valence-electron chi connectivity index (χ4n) is 1.32. The third-order valence-corrected chi connectivity index (χ3v) is 3.68. The largest absolute Gasteiger partial charge is 0.102 e. The molecule has 0 heterocycles. The van der Waals surface area contributed by atoms with Gasteiger partial charge in [-0.05, 0) is 11.1 Å². The number of allylic oxidation sites excluding steroid dienone is 5. The Hall–Kier alpha value is -0.600. The molecule has 2 heteroatoms. The first-order valence-electron chi connectivity index (χ1n) is 5.47. The van der Waals surface area contributed by atoms with Crippen molar-refractivity contribution >= 4 is 31.9 Å². The van der Waals surface area contributed by atoms with E-state index in [0.29, 0.717) is 5.92 Å². The Bertz CT molecular complexity index is 353. The van der Waals surface area contributed by atoms with Crippen LogP contribution in [-0.4, -0.2) is 0 Å². The first-order chi connectivity index (χ1) is 8.30. The van der Waals surface area contributed by atoms with Crippen LogP contribution >= 0.6 is 31.9 Å². The standard InChI is InChI=1S/C8H8Br2.C7H8/c9-5-7-1-2-8(6-10)4-3-7;1-2-7-5-3-4-6-7/h1-4H,5-6H2;2-7H,1H2. The number of hydrogen-bond acceptors (Lipinski definition) is 0. The van der Waals surface area contributed by atoms with Crippen LogP contribution in [0.2, 0.25) is 0 Å². The molecule has 17 heavy (non-hydrogen) atoms. The van der Waals surface area contributed by atoms with Crippen molar-refractivity contribution in [1.29, 1.82) is 0 Å². The Labute approximate surface area is 120 Å². The highest BCUT2D eigenvalue weighted by Gasteiger charge is 1.93. The van der Waals surface area contributed by atoms with E-state index in [2.05, 4.69) is 74.9 Å². The van der Waals surface area contributed by atoms with Crippen molar-refractivity contribution < 1.29 is 0 Å². The smallest absolute Gasteiger partial charge is 0.0283 e. The van der Waals surface area contributed by atoms with Crippen molar-refractivity contribution in [2.24, 2.45) is 5.92 Å². The molecule has 0 amide bonds. The van der Waals surface area contributed by atoms with Gasteiger partial charge in [0.1, 0.15) is 0 Å². The Balaban J connectivity index is 0.000000181. The number of alkyl halides is 2. The zero-order valence-electron chi connectivity index (χ0n) is 9.65.